The summed E-state index contributed by atoms with van der Waals surface area (Å²) in [6.07, 6.45) is -4.61. The van der Waals surface area contributed by atoms with Crippen LogP contribution in [0.15, 0.2) is 88.9 Å². The molecule has 1 aliphatic rings. The number of sulfonamides is 1. The minimum absolute atomic E-state index is 0.0558. The zero-order valence-electron chi connectivity index (χ0n) is 17.3. The first-order chi connectivity index (χ1) is 16.0. The molecule has 1 N–H and O–H groups in total. The minimum atomic E-state index is -4.61. The quantitative estimate of drug-likeness (QED) is 0.523. The van der Waals surface area contributed by atoms with Crippen LogP contribution in [-0.2, 0) is 16.2 Å². The number of alkyl halides is 3. The zero-order valence-corrected chi connectivity index (χ0v) is 18.9. The van der Waals surface area contributed by atoms with Gasteiger partial charge >= 0.3 is 12.2 Å². The van der Waals surface area contributed by atoms with Crippen LogP contribution in [0, 0.1) is 0 Å². The third-order valence-corrected chi connectivity index (χ3v) is 6.79. The van der Waals surface area contributed by atoms with Gasteiger partial charge < -0.3 is 0 Å². The topological polar surface area (TPSA) is 78.8 Å². The maximum atomic E-state index is 12.8. The lowest BCUT2D eigenvalue weighted by molar-refractivity contribution is -0.137. The molecule has 3 aromatic carbocycles. The number of carbonyl (C=O) groups excluding carboxylic acids is 1. The van der Waals surface area contributed by atoms with Crippen molar-refractivity contribution in [1.29, 1.82) is 0 Å². The van der Waals surface area contributed by atoms with Crippen LogP contribution < -0.4 is 4.72 Å². The Morgan fingerprint density at radius 1 is 0.971 bits per heavy atom. The highest BCUT2D eigenvalue weighted by Gasteiger charge is 2.34. The van der Waals surface area contributed by atoms with Gasteiger partial charge in [-0.3, -0.25) is 0 Å². The molecule has 1 heterocycles. The Labute approximate surface area is 198 Å². The van der Waals surface area contributed by atoms with E-state index >= 15 is 0 Å². The van der Waals surface area contributed by atoms with E-state index in [4.69, 9.17) is 11.6 Å². The molecule has 0 saturated heterocycles. The van der Waals surface area contributed by atoms with E-state index in [0.717, 1.165) is 28.3 Å². The Balaban J connectivity index is 1.59. The van der Waals surface area contributed by atoms with Crippen LogP contribution in [0.2, 0.25) is 5.02 Å². The normalized spacial score (nSPS) is 16.3. The third kappa shape index (κ3) is 5.07. The van der Waals surface area contributed by atoms with Crippen molar-refractivity contribution in [1.82, 2.24) is 9.73 Å². The number of hydrogen-bond donors (Lipinski definition) is 1. The van der Waals surface area contributed by atoms with E-state index in [-0.39, 0.29) is 12.5 Å². The molecule has 34 heavy (non-hydrogen) atoms. The van der Waals surface area contributed by atoms with Crippen molar-refractivity contribution in [2.75, 3.05) is 6.54 Å². The van der Waals surface area contributed by atoms with Gasteiger partial charge in [0.25, 0.3) is 10.0 Å². The second-order valence-corrected chi connectivity index (χ2v) is 9.59. The van der Waals surface area contributed by atoms with E-state index in [2.05, 4.69) is 5.10 Å². The summed E-state index contributed by atoms with van der Waals surface area (Å²) in [5.41, 5.74) is 1.14. The molecule has 176 valence electrons. The minimum Gasteiger partial charge on any atom is -0.246 e. The van der Waals surface area contributed by atoms with E-state index in [1.165, 1.54) is 0 Å². The van der Waals surface area contributed by atoms with Crippen LogP contribution in [0.3, 0.4) is 0 Å². The number of nitrogens with zero attached hydrogens (tertiary/aromatic N) is 2. The molecular weight excluding hydrogens is 491 g/mol. The SMILES string of the molecule is O=C(NS(=O)(=O)c1ccc(C(F)(F)F)cc1)N1CC(c2ccc(Cl)cc2)C(c2ccccc2)=N1. The zero-order chi connectivity index (χ0) is 24.5. The average molecular weight is 508 g/mol. The monoisotopic (exact) mass is 507 g/mol. The molecule has 0 spiro atoms. The summed E-state index contributed by atoms with van der Waals surface area (Å²) in [6, 6.07) is 17.9. The number of nitrogens with one attached hydrogen (secondary N) is 1. The predicted octanol–water partition coefficient (Wildman–Crippen LogP) is 5.26. The van der Waals surface area contributed by atoms with Gasteiger partial charge in [0, 0.05) is 10.9 Å². The molecule has 1 aliphatic heterocycles. The fourth-order valence-corrected chi connectivity index (χ4v) is 4.58. The number of urea groups is 1. The number of hydrazone groups is 1. The summed E-state index contributed by atoms with van der Waals surface area (Å²) in [7, 11) is -4.42. The first-order valence-corrected chi connectivity index (χ1v) is 11.8. The Kier molecular flexibility index (Phi) is 6.37. The summed E-state index contributed by atoms with van der Waals surface area (Å²) in [4.78, 5) is 12.3. The molecule has 2 amide bonds. The maximum absolute atomic E-state index is 12.8. The fraction of sp³-hybridized carbons (Fsp3) is 0.130. The summed E-state index contributed by atoms with van der Waals surface area (Å²) in [5, 5.41) is 5.88. The molecule has 6 nitrogen and oxygen atoms in total. The van der Waals surface area contributed by atoms with Crippen molar-refractivity contribution in [3.63, 3.8) is 0 Å². The largest absolute Gasteiger partial charge is 0.416 e. The predicted molar refractivity (Wildman–Crippen MR) is 121 cm³/mol. The van der Waals surface area contributed by atoms with Crippen molar-refractivity contribution in [3.05, 3.63) is 101 Å². The number of hydrogen-bond acceptors (Lipinski definition) is 4. The highest BCUT2D eigenvalue weighted by atomic mass is 35.5. The van der Waals surface area contributed by atoms with Gasteiger partial charge in [0.2, 0.25) is 0 Å². The Morgan fingerprint density at radius 2 is 1.59 bits per heavy atom. The van der Waals surface area contributed by atoms with Gasteiger partial charge in [-0.2, -0.15) is 18.3 Å². The fourth-order valence-electron chi connectivity index (χ4n) is 3.50. The van der Waals surface area contributed by atoms with Gasteiger partial charge in [0.15, 0.2) is 0 Å². The number of amides is 2. The second kappa shape index (κ2) is 9.11. The van der Waals surface area contributed by atoms with Crippen LogP contribution in [0.25, 0.3) is 0 Å². The van der Waals surface area contributed by atoms with E-state index in [1.807, 2.05) is 35.1 Å². The van der Waals surface area contributed by atoms with Crippen molar-refractivity contribution in [3.8, 4) is 0 Å². The summed E-state index contributed by atoms with van der Waals surface area (Å²) in [5.74, 6) is -0.348. The molecule has 1 unspecified atom stereocenters. The molecule has 3 aromatic rings. The molecule has 0 bridgehead atoms. The Morgan fingerprint density at radius 3 is 2.18 bits per heavy atom. The van der Waals surface area contributed by atoms with E-state index in [0.29, 0.717) is 22.9 Å². The van der Waals surface area contributed by atoms with Crippen LogP contribution in [-0.4, -0.2) is 31.7 Å². The smallest absolute Gasteiger partial charge is 0.246 e. The molecule has 0 aromatic heterocycles. The lowest BCUT2D eigenvalue weighted by atomic mass is 9.91. The number of carbonyl (C=O) groups is 1. The number of rotatable bonds is 4. The lowest BCUT2D eigenvalue weighted by Crippen LogP contribution is -2.39. The maximum Gasteiger partial charge on any atom is 0.416 e. The highest BCUT2D eigenvalue weighted by Crippen LogP contribution is 2.31. The molecule has 0 aliphatic carbocycles. The third-order valence-electron chi connectivity index (χ3n) is 5.20. The van der Waals surface area contributed by atoms with Gasteiger partial charge in [-0.15, -0.1) is 0 Å². The van der Waals surface area contributed by atoms with Gasteiger partial charge in [0.1, 0.15) is 0 Å². The molecular formula is C23H17ClF3N3O3S. The van der Waals surface area contributed by atoms with Gasteiger partial charge in [0.05, 0.1) is 22.7 Å². The lowest BCUT2D eigenvalue weighted by Gasteiger charge is -2.16. The van der Waals surface area contributed by atoms with Crippen LogP contribution in [0.4, 0.5) is 18.0 Å². The Hall–Kier alpha value is -3.37. The van der Waals surface area contributed by atoms with E-state index in [1.54, 1.807) is 24.3 Å². The molecule has 11 heteroatoms. The summed E-state index contributed by atoms with van der Waals surface area (Å²) < 4.78 is 65.3. The van der Waals surface area contributed by atoms with Crippen LogP contribution in [0.1, 0.15) is 22.6 Å². The van der Waals surface area contributed by atoms with Crippen molar-refractivity contribution < 1.29 is 26.4 Å². The molecule has 1 atom stereocenters. The molecule has 0 fully saturated rings. The average Bonchev–Trinajstić information content (AvgIpc) is 3.25. The van der Waals surface area contributed by atoms with Crippen molar-refractivity contribution >= 4 is 33.4 Å². The van der Waals surface area contributed by atoms with Gasteiger partial charge in [-0.25, -0.2) is 22.9 Å². The molecule has 4 rings (SSSR count). The molecule has 0 radical (unpaired) electrons. The van der Waals surface area contributed by atoms with Crippen molar-refractivity contribution in [2.45, 2.75) is 17.0 Å². The standard InChI is InChI=1S/C23H17ClF3N3O3S/c24-18-10-6-15(7-11-18)20-14-30(28-21(20)16-4-2-1-3-5-16)22(31)29-34(32,33)19-12-8-17(9-13-19)23(25,26)27/h1-13,20H,14H2,(H,29,31). The van der Waals surface area contributed by atoms with E-state index in [9.17, 15) is 26.4 Å². The first-order valence-electron chi connectivity index (χ1n) is 9.95. The highest BCUT2D eigenvalue weighted by molar-refractivity contribution is 7.90. The Bertz CT molecular complexity index is 1330. The second-order valence-electron chi connectivity index (χ2n) is 7.47. The molecule has 0 saturated carbocycles. The summed E-state index contributed by atoms with van der Waals surface area (Å²) >= 11 is 5.98. The first kappa shape index (κ1) is 23.8. The van der Waals surface area contributed by atoms with E-state index < -0.39 is 32.7 Å². The van der Waals surface area contributed by atoms with Crippen LogP contribution in [0.5, 0.6) is 0 Å². The van der Waals surface area contributed by atoms with Gasteiger partial charge in [-0.1, -0.05) is 54.1 Å². The van der Waals surface area contributed by atoms with Crippen LogP contribution >= 0.6 is 11.6 Å². The summed E-state index contributed by atoms with van der Waals surface area (Å²) in [6.45, 7) is 0.0558. The number of halogens is 4. The van der Waals surface area contributed by atoms with Crippen molar-refractivity contribution in [2.24, 2.45) is 5.10 Å². The number of benzene rings is 3. The van der Waals surface area contributed by atoms with Gasteiger partial charge in [-0.05, 0) is 47.5 Å².